The van der Waals surface area contributed by atoms with Gasteiger partial charge in [0.25, 0.3) is 0 Å². The van der Waals surface area contributed by atoms with E-state index in [0.717, 1.165) is 31.6 Å². The van der Waals surface area contributed by atoms with E-state index >= 15 is 0 Å². The zero-order valence-corrected chi connectivity index (χ0v) is 15.7. The lowest BCUT2D eigenvalue weighted by Crippen LogP contribution is -2.56. The van der Waals surface area contributed by atoms with E-state index in [0.29, 0.717) is 17.3 Å². The third kappa shape index (κ3) is 2.19. The Kier molecular flexibility index (Phi) is 3.25. The molecule has 0 amide bonds. The van der Waals surface area contributed by atoms with Crippen molar-refractivity contribution in [3.8, 4) is 0 Å². The van der Waals surface area contributed by atoms with Crippen molar-refractivity contribution in [2.45, 2.75) is 88.9 Å². The first-order chi connectivity index (χ1) is 12.9. The fourth-order valence-corrected chi connectivity index (χ4v) is 7.13. The summed E-state index contributed by atoms with van der Waals surface area (Å²) in [6, 6.07) is 0. The van der Waals surface area contributed by atoms with Crippen LogP contribution in [0.3, 0.4) is 0 Å². The maximum absolute atomic E-state index is 12.1. The topological polar surface area (TPSA) is 80.3 Å². The molecule has 0 aromatic carbocycles. The molecule has 7 rings (SSSR count). The highest BCUT2D eigenvalue weighted by atomic mass is 16.9. The summed E-state index contributed by atoms with van der Waals surface area (Å²) in [6.45, 7) is 3.69. The van der Waals surface area contributed by atoms with Crippen molar-refractivity contribution >= 4 is 11.9 Å². The van der Waals surface area contributed by atoms with Crippen LogP contribution < -0.4 is 0 Å². The van der Waals surface area contributed by atoms with Crippen LogP contribution in [-0.2, 0) is 33.3 Å². The number of hydrogen-bond acceptors (Lipinski definition) is 7. The van der Waals surface area contributed by atoms with Gasteiger partial charge in [0.2, 0.25) is 6.10 Å². The van der Waals surface area contributed by atoms with E-state index in [4.69, 9.17) is 23.7 Å². The smallest absolute Gasteiger partial charge is 0.350 e. The van der Waals surface area contributed by atoms with E-state index < -0.39 is 48.4 Å². The first-order valence-corrected chi connectivity index (χ1v) is 10.3. The maximum Gasteiger partial charge on any atom is 0.350 e. The lowest BCUT2D eigenvalue weighted by atomic mass is 9.57. The molecule has 4 saturated carbocycles. The van der Waals surface area contributed by atoms with Crippen LogP contribution >= 0.6 is 0 Å². The molecule has 4 aliphatic carbocycles. The minimum absolute atomic E-state index is 0.364. The first-order valence-electron chi connectivity index (χ1n) is 10.3. The molecule has 7 heteroatoms. The van der Waals surface area contributed by atoms with Crippen LogP contribution in [0.5, 0.6) is 0 Å². The van der Waals surface area contributed by atoms with Gasteiger partial charge in [-0.1, -0.05) is 6.92 Å². The normalized spacial score (nSPS) is 57.5. The van der Waals surface area contributed by atoms with E-state index in [-0.39, 0.29) is 0 Å². The first kappa shape index (κ1) is 16.7. The molecular formula is C20H26O7. The average molecular weight is 378 g/mol. The Labute approximate surface area is 158 Å². The Bertz CT molecular complexity index is 704. The van der Waals surface area contributed by atoms with Gasteiger partial charge >= 0.3 is 11.9 Å². The highest BCUT2D eigenvalue weighted by Gasteiger charge is 2.71. The number of rotatable bonds is 1. The molecule has 3 saturated heterocycles. The predicted molar refractivity (Wildman–Crippen MR) is 89.1 cm³/mol. The fourth-order valence-electron chi connectivity index (χ4n) is 7.13. The van der Waals surface area contributed by atoms with Gasteiger partial charge in [-0.2, -0.15) is 0 Å². The van der Waals surface area contributed by atoms with Crippen LogP contribution in [0.1, 0.15) is 52.4 Å². The molecule has 3 aliphatic heterocycles. The van der Waals surface area contributed by atoms with Gasteiger partial charge in [0, 0.05) is 18.8 Å². The Balaban J connectivity index is 1.28. The van der Waals surface area contributed by atoms with E-state index in [1.165, 1.54) is 19.8 Å². The van der Waals surface area contributed by atoms with Crippen LogP contribution in [0.2, 0.25) is 0 Å². The zero-order valence-electron chi connectivity index (χ0n) is 15.7. The second-order valence-electron chi connectivity index (χ2n) is 9.82. The van der Waals surface area contributed by atoms with E-state index in [2.05, 4.69) is 6.92 Å². The highest BCUT2D eigenvalue weighted by molar-refractivity contribution is 5.81. The van der Waals surface area contributed by atoms with Gasteiger partial charge in [0.1, 0.15) is 6.10 Å². The monoisotopic (exact) mass is 378 g/mol. The number of fused-ring (bicyclic) bond motifs is 4. The number of carbonyl (C=O) groups is 2. The molecule has 4 bridgehead atoms. The van der Waals surface area contributed by atoms with Gasteiger partial charge < -0.3 is 23.7 Å². The number of esters is 2. The Morgan fingerprint density at radius 1 is 1.07 bits per heavy atom. The van der Waals surface area contributed by atoms with Gasteiger partial charge in [-0.25, -0.2) is 4.79 Å². The zero-order chi connectivity index (χ0) is 18.6. The fraction of sp³-hybridized carbons (Fsp3) is 0.900. The van der Waals surface area contributed by atoms with Crippen LogP contribution in [-0.4, -0.2) is 48.4 Å². The largest absolute Gasteiger partial charge is 0.454 e. The molecule has 0 aromatic rings. The number of hydrogen-bond donors (Lipinski definition) is 0. The highest BCUT2D eigenvalue weighted by Crippen LogP contribution is 2.65. The second kappa shape index (κ2) is 5.24. The summed E-state index contributed by atoms with van der Waals surface area (Å²) >= 11 is 0. The quantitative estimate of drug-likeness (QED) is 0.645. The SMILES string of the molecule is CC(=O)OC1C(=O)OC2C3OC4(OC3OC12)C1CCC2CC4CC(C)(C2)C1. The van der Waals surface area contributed by atoms with Gasteiger partial charge in [0.15, 0.2) is 24.3 Å². The molecule has 3 heterocycles. The van der Waals surface area contributed by atoms with E-state index in [1.54, 1.807) is 0 Å². The van der Waals surface area contributed by atoms with Gasteiger partial charge in [-0.15, -0.1) is 0 Å². The van der Waals surface area contributed by atoms with Crippen LogP contribution in [0.4, 0.5) is 0 Å². The van der Waals surface area contributed by atoms with Crippen molar-refractivity contribution in [2.75, 3.05) is 0 Å². The molecule has 148 valence electrons. The summed E-state index contributed by atoms with van der Waals surface area (Å²) in [6.07, 6.45) is 3.86. The van der Waals surface area contributed by atoms with Crippen molar-refractivity contribution in [1.29, 1.82) is 0 Å². The molecule has 7 aliphatic rings. The lowest BCUT2D eigenvalue weighted by molar-refractivity contribution is -0.308. The molecule has 7 nitrogen and oxygen atoms in total. The van der Waals surface area contributed by atoms with Crippen molar-refractivity contribution in [3.05, 3.63) is 0 Å². The van der Waals surface area contributed by atoms with Crippen LogP contribution in [0, 0.1) is 23.2 Å². The maximum atomic E-state index is 12.1. The molecule has 10 atom stereocenters. The van der Waals surface area contributed by atoms with Crippen LogP contribution in [0.25, 0.3) is 0 Å². The van der Waals surface area contributed by atoms with Crippen molar-refractivity contribution in [1.82, 2.24) is 0 Å². The molecule has 0 aromatic heterocycles. The average Bonchev–Trinajstić information content (AvgIpc) is 3.15. The molecule has 1 spiro atoms. The summed E-state index contributed by atoms with van der Waals surface area (Å²) in [5.41, 5.74) is 0.397. The summed E-state index contributed by atoms with van der Waals surface area (Å²) in [7, 11) is 0. The van der Waals surface area contributed by atoms with E-state index in [9.17, 15) is 9.59 Å². The summed E-state index contributed by atoms with van der Waals surface area (Å²) in [4.78, 5) is 23.5. The number of carbonyl (C=O) groups excluding carboxylic acids is 2. The van der Waals surface area contributed by atoms with Crippen molar-refractivity contribution in [2.24, 2.45) is 23.2 Å². The predicted octanol–water partition coefficient (Wildman–Crippen LogP) is 1.92. The minimum atomic E-state index is -1.03. The third-order valence-electron chi connectivity index (χ3n) is 7.84. The van der Waals surface area contributed by atoms with E-state index in [1.807, 2.05) is 0 Å². The molecule has 7 fully saturated rings. The summed E-state index contributed by atoms with van der Waals surface area (Å²) in [5, 5.41) is 0. The Morgan fingerprint density at radius 3 is 2.70 bits per heavy atom. The standard InChI is InChI=1S/C20H26O7/c1-9(21)23-15-13-14(24-17(15)22)16-18(25-13)27-20(26-16)11-4-3-10-5-12(20)8-19(2,6-10)7-11/h10-16,18H,3-8H2,1-2H3. The minimum Gasteiger partial charge on any atom is -0.454 e. The number of ether oxygens (including phenoxy) is 5. The van der Waals surface area contributed by atoms with Crippen LogP contribution in [0.15, 0.2) is 0 Å². The molecule has 10 unspecified atom stereocenters. The Hall–Kier alpha value is -1.18. The van der Waals surface area contributed by atoms with Gasteiger partial charge in [-0.05, 0) is 49.9 Å². The Morgan fingerprint density at radius 2 is 1.89 bits per heavy atom. The van der Waals surface area contributed by atoms with Crippen molar-refractivity contribution in [3.63, 3.8) is 0 Å². The van der Waals surface area contributed by atoms with Gasteiger partial charge in [-0.3, -0.25) is 4.79 Å². The summed E-state index contributed by atoms with van der Waals surface area (Å²) in [5.74, 6) is -0.197. The van der Waals surface area contributed by atoms with Gasteiger partial charge in [0.05, 0.1) is 0 Å². The molecular weight excluding hydrogens is 352 g/mol. The third-order valence-corrected chi connectivity index (χ3v) is 7.84. The summed E-state index contributed by atoms with van der Waals surface area (Å²) < 4.78 is 29.8. The molecule has 27 heavy (non-hydrogen) atoms. The lowest BCUT2D eigenvalue weighted by Gasteiger charge is -2.54. The molecule has 0 radical (unpaired) electrons. The van der Waals surface area contributed by atoms with Crippen molar-refractivity contribution < 1.29 is 33.3 Å². The molecule has 0 N–H and O–H groups in total. The second-order valence-corrected chi connectivity index (χ2v) is 9.82.